The summed E-state index contributed by atoms with van der Waals surface area (Å²) in [4.78, 5) is 24.2. The number of fused-ring (bicyclic) bond motifs is 1. The van der Waals surface area contributed by atoms with Crippen molar-refractivity contribution >= 4 is 16.9 Å². The maximum absolute atomic E-state index is 14.0. The second-order valence-corrected chi connectivity index (χ2v) is 4.60. The van der Waals surface area contributed by atoms with Crippen LogP contribution < -0.4 is 5.43 Å². The van der Waals surface area contributed by atoms with Gasteiger partial charge in [-0.2, -0.15) is 0 Å². The van der Waals surface area contributed by atoms with E-state index in [1.165, 1.54) is 17.8 Å². The zero-order valence-corrected chi connectivity index (χ0v) is 12.0. The third kappa shape index (κ3) is 2.41. The van der Waals surface area contributed by atoms with Crippen LogP contribution in [0, 0.1) is 11.6 Å². The van der Waals surface area contributed by atoms with Crippen LogP contribution in [0.2, 0.25) is 0 Å². The molecule has 1 aromatic carbocycles. The third-order valence-corrected chi connectivity index (χ3v) is 3.30. The zero-order valence-electron chi connectivity index (χ0n) is 12.0. The molecule has 0 atom stereocenters. The summed E-state index contributed by atoms with van der Waals surface area (Å²) in [5.41, 5.74) is -0.868. The quantitative estimate of drug-likeness (QED) is 0.818. The Morgan fingerprint density at radius 2 is 1.95 bits per heavy atom. The first kappa shape index (κ1) is 15.2. The van der Waals surface area contributed by atoms with Crippen molar-refractivity contribution in [3.05, 3.63) is 45.2 Å². The SMILES string of the molecule is CCOC(=O)c1cn(C)c2c(F)cc(F)c(CC)c2c1=O. The number of rotatable bonds is 3. The number of hydrogen-bond acceptors (Lipinski definition) is 3. The van der Waals surface area contributed by atoms with Crippen LogP contribution in [0.25, 0.3) is 10.9 Å². The summed E-state index contributed by atoms with van der Waals surface area (Å²) >= 11 is 0. The molecule has 0 aliphatic carbocycles. The number of benzene rings is 1. The number of halogens is 2. The maximum atomic E-state index is 14.0. The van der Waals surface area contributed by atoms with E-state index in [0.717, 1.165) is 6.07 Å². The molecule has 0 fully saturated rings. The van der Waals surface area contributed by atoms with Crippen molar-refractivity contribution in [2.24, 2.45) is 7.05 Å². The van der Waals surface area contributed by atoms with Crippen LogP contribution in [-0.2, 0) is 18.2 Å². The summed E-state index contributed by atoms with van der Waals surface area (Å²) in [6, 6.07) is 0.755. The van der Waals surface area contributed by atoms with E-state index in [2.05, 4.69) is 0 Å². The molecule has 1 heterocycles. The summed E-state index contributed by atoms with van der Waals surface area (Å²) in [5.74, 6) is -2.43. The first-order chi connectivity index (χ1) is 9.92. The zero-order chi connectivity index (χ0) is 15.7. The first-order valence-corrected chi connectivity index (χ1v) is 6.59. The fourth-order valence-electron chi connectivity index (χ4n) is 2.39. The van der Waals surface area contributed by atoms with Gasteiger partial charge in [0.25, 0.3) is 0 Å². The van der Waals surface area contributed by atoms with Crippen molar-refractivity contribution in [1.29, 1.82) is 0 Å². The summed E-state index contributed by atoms with van der Waals surface area (Å²) in [6.45, 7) is 3.38. The smallest absolute Gasteiger partial charge is 0.343 e. The molecule has 0 aliphatic rings. The predicted octanol–water partition coefficient (Wildman–Crippen LogP) is 2.56. The maximum Gasteiger partial charge on any atom is 0.343 e. The van der Waals surface area contributed by atoms with Crippen molar-refractivity contribution in [2.45, 2.75) is 20.3 Å². The molecule has 0 radical (unpaired) electrons. The lowest BCUT2D eigenvalue weighted by Crippen LogP contribution is -2.22. The Labute approximate surface area is 120 Å². The van der Waals surface area contributed by atoms with Gasteiger partial charge < -0.3 is 9.30 Å². The molecule has 0 saturated heterocycles. The molecule has 6 heteroatoms. The molecule has 112 valence electrons. The van der Waals surface area contributed by atoms with Gasteiger partial charge in [-0.25, -0.2) is 13.6 Å². The van der Waals surface area contributed by atoms with E-state index in [1.54, 1.807) is 13.8 Å². The van der Waals surface area contributed by atoms with E-state index in [-0.39, 0.29) is 35.1 Å². The number of esters is 1. The van der Waals surface area contributed by atoms with E-state index in [1.807, 2.05) is 0 Å². The highest BCUT2D eigenvalue weighted by molar-refractivity contribution is 5.95. The minimum atomic E-state index is -0.838. The normalized spacial score (nSPS) is 10.9. The second-order valence-electron chi connectivity index (χ2n) is 4.60. The van der Waals surface area contributed by atoms with Crippen LogP contribution in [0.1, 0.15) is 29.8 Å². The van der Waals surface area contributed by atoms with Crippen LogP contribution in [0.4, 0.5) is 8.78 Å². The van der Waals surface area contributed by atoms with Gasteiger partial charge in [-0.1, -0.05) is 6.92 Å². The monoisotopic (exact) mass is 295 g/mol. The van der Waals surface area contributed by atoms with Crippen molar-refractivity contribution in [3.63, 3.8) is 0 Å². The van der Waals surface area contributed by atoms with E-state index >= 15 is 0 Å². The predicted molar refractivity (Wildman–Crippen MR) is 74.4 cm³/mol. The van der Waals surface area contributed by atoms with E-state index < -0.39 is 23.0 Å². The number of aromatic nitrogens is 1. The Morgan fingerprint density at radius 1 is 1.29 bits per heavy atom. The van der Waals surface area contributed by atoms with Crippen molar-refractivity contribution in [2.75, 3.05) is 6.61 Å². The van der Waals surface area contributed by atoms with Gasteiger partial charge in [-0.05, 0) is 13.3 Å². The van der Waals surface area contributed by atoms with Gasteiger partial charge in [-0.15, -0.1) is 0 Å². The lowest BCUT2D eigenvalue weighted by molar-refractivity contribution is 0.0524. The van der Waals surface area contributed by atoms with Crippen LogP contribution in [0.3, 0.4) is 0 Å². The van der Waals surface area contributed by atoms with Crippen LogP contribution in [0.15, 0.2) is 17.1 Å². The summed E-state index contributed by atoms with van der Waals surface area (Å²) < 4.78 is 33.9. The Kier molecular flexibility index (Phi) is 4.06. The van der Waals surface area contributed by atoms with E-state index in [4.69, 9.17) is 4.74 Å². The highest BCUT2D eigenvalue weighted by Crippen LogP contribution is 2.23. The van der Waals surface area contributed by atoms with Gasteiger partial charge in [0, 0.05) is 24.9 Å². The number of nitrogens with zero attached hydrogens (tertiary/aromatic N) is 1. The lowest BCUT2D eigenvalue weighted by Gasteiger charge is -2.12. The molecule has 2 rings (SSSR count). The number of carbonyl (C=O) groups excluding carboxylic acids is 1. The molecule has 0 bridgehead atoms. The van der Waals surface area contributed by atoms with Crippen molar-refractivity contribution < 1.29 is 18.3 Å². The first-order valence-electron chi connectivity index (χ1n) is 6.59. The Bertz CT molecular complexity index is 781. The minimum Gasteiger partial charge on any atom is -0.462 e. The molecule has 1 aromatic heterocycles. The van der Waals surface area contributed by atoms with Gasteiger partial charge in [0.2, 0.25) is 5.43 Å². The Balaban J connectivity index is 2.94. The van der Waals surface area contributed by atoms with Gasteiger partial charge in [0.1, 0.15) is 11.4 Å². The topological polar surface area (TPSA) is 48.3 Å². The lowest BCUT2D eigenvalue weighted by atomic mass is 10.0. The third-order valence-electron chi connectivity index (χ3n) is 3.30. The van der Waals surface area contributed by atoms with E-state index in [0.29, 0.717) is 0 Å². The number of pyridine rings is 1. The Hall–Kier alpha value is -2.24. The molecule has 2 aromatic rings. The number of carbonyl (C=O) groups is 1. The molecule has 4 nitrogen and oxygen atoms in total. The molecule has 0 aliphatic heterocycles. The summed E-state index contributed by atoms with van der Waals surface area (Å²) in [5, 5.41) is -0.108. The molecule has 0 spiro atoms. The second kappa shape index (κ2) is 5.63. The fourth-order valence-corrected chi connectivity index (χ4v) is 2.39. The molecular weight excluding hydrogens is 280 g/mol. The molecule has 0 amide bonds. The molecule has 0 unspecified atom stereocenters. The van der Waals surface area contributed by atoms with E-state index in [9.17, 15) is 18.4 Å². The molecular formula is C15H15F2NO3. The Morgan fingerprint density at radius 3 is 2.52 bits per heavy atom. The van der Waals surface area contributed by atoms with Crippen molar-refractivity contribution in [1.82, 2.24) is 4.57 Å². The molecule has 0 saturated carbocycles. The number of aryl methyl sites for hydroxylation is 2. The van der Waals surface area contributed by atoms with Crippen molar-refractivity contribution in [3.8, 4) is 0 Å². The number of ether oxygens (including phenoxy) is 1. The highest BCUT2D eigenvalue weighted by atomic mass is 19.1. The molecule has 21 heavy (non-hydrogen) atoms. The summed E-state index contributed by atoms with van der Waals surface area (Å²) in [7, 11) is 1.49. The van der Waals surface area contributed by atoms with Gasteiger partial charge in [0.05, 0.1) is 17.5 Å². The van der Waals surface area contributed by atoms with Gasteiger partial charge in [0.15, 0.2) is 5.82 Å². The number of hydrogen-bond donors (Lipinski definition) is 0. The highest BCUT2D eigenvalue weighted by Gasteiger charge is 2.21. The van der Waals surface area contributed by atoms with Crippen LogP contribution in [-0.4, -0.2) is 17.1 Å². The summed E-state index contributed by atoms with van der Waals surface area (Å²) in [6.07, 6.45) is 1.42. The van der Waals surface area contributed by atoms with Gasteiger partial charge in [-0.3, -0.25) is 4.79 Å². The van der Waals surface area contributed by atoms with Crippen LogP contribution >= 0.6 is 0 Å². The minimum absolute atomic E-state index is 0.0219. The van der Waals surface area contributed by atoms with Gasteiger partial charge >= 0.3 is 5.97 Å². The average Bonchev–Trinajstić information content (AvgIpc) is 2.42. The molecule has 0 N–H and O–H groups in total. The van der Waals surface area contributed by atoms with Crippen LogP contribution in [0.5, 0.6) is 0 Å². The average molecular weight is 295 g/mol. The standard InChI is InChI=1S/C15H15F2NO3/c1-4-8-10(16)6-11(17)13-12(8)14(19)9(7-18(13)3)15(20)21-5-2/h6-7H,4-5H2,1-3H3. The fraction of sp³-hybridized carbons (Fsp3) is 0.333. The largest absolute Gasteiger partial charge is 0.462 e.